The van der Waals surface area contributed by atoms with Crippen LogP contribution in [0, 0.1) is 0 Å². The van der Waals surface area contributed by atoms with E-state index in [9.17, 15) is 10.2 Å². The predicted molar refractivity (Wildman–Crippen MR) is 107 cm³/mol. The molecule has 0 unspecified atom stereocenters. The quantitative estimate of drug-likeness (QED) is 0.457. The van der Waals surface area contributed by atoms with E-state index in [4.69, 9.17) is 4.74 Å². The standard InChI is InChI=1S/C24H18O3/c25-19-13-7-15-21(23(19)17-9-3-1-4-10-17)27-22-16-8-14-20(26)24(22)18-11-5-2-6-12-18/h1-16,25-26H. The molecule has 0 saturated heterocycles. The highest BCUT2D eigenvalue weighted by Gasteiger charge is 2.16. The highest BCUT2D eigenvalue weighted by Crippen LogP contribution is 2.44. The molecule has 0 amide bonds. The molecule has 0 aromatic heterocycles. The summed E-state index contributed by atoms with van der Waals surface area (Å²) in [5.74, 6) is 1.31. The third-order valence-corrected chi connectivity index (χ3v) is 4.35. The lowest BCUT2D eigenvalue weighted by atomic mass is 10.0. The molecule has 0 atom stereocenters. The van der Waals surface area contributed by atoms with Crippen LogP contribution in [0.2, 0.25) is 0 Å². The second kappa shape index (κ2) is 7.26. The molecule has 0 saturated carbocycles. The third kappa shape index (κ3) is 3.35. The Morgan fingerprint density at radius 3 is 1.26 bits per heavy atom. The lowest BCUT2D eigenvalue weighted by molar-refractivity contribution is 0.451. The first kappa shape index (κ1) is 16.7. The van der Waals surface area contributed by atoms with Crippen LogP contribution in [0.25, 0.3) is 22.3 Å². The normalized spacial score (nSPS) is 10.5. The van der Waals surface area contributed by atoms with Gasteiger partial charge in [-0.1, -0.05) is 72.8 Å². The Morgan fingerprint density at radius 2 is 0.852 bits per heavy atom. The van der Waals surface area contributed by atoms with E-state index >= 15 is 0 Å². The molecule has 0 aliphatic carbocycles. The van der Waals surface area contributed by atoms with Crippen molar-refractivity contribution in [1.29, 1.82) is 0 Å². The Balaban J connectivity index is 1.84. The number of hydrogen-bond donors (Lipinski definition) is 2. The van der Waals surface area contributed by atoms with Crippen molar-refractivity contribution in [1.82, 2.24) is 0 Å². The first-order chi connectivity index (χ1) is 13.2. The second-order valence-electron chi connectivity index (χ2n) is 6.13. The smallest absolute Gasteiger partial charge is 0.139 e. The van der Waals surface area contributed by atoms with E-state index in [0.29, 0.717) is 22.6 Å². The van der Waals surface area contributed by atoms with Gasteiger partial charge in [-0.3, -0.25) is 0 Å². The minimum absolute atomic E-state index is 0.139. The van der Waals surface area contributed by atoms with E-state index in [1.54, 1.807) is 36.4 Å². The number of ether oxygens (including phenoxy) is 1. The fourth-order valence-electron chi connectivity index (χ4n) is 3.12. The van der Waals surface area contributed by atoms with Crippen LogP contribution in [0.1, 0.15) is 0 Å². The summed E-state index contributed by atoms with van der Waals surface area (Å²) in [5, 5.41) is 20.9. The van der Waals surface area contributed by atoms with Gasteiger partial charge in [0.25, 0.3) is 0 Å². The number of phenolic OH excluding ortho intramolecular Hbond substituents is 2. The first-order valence-electron chi connectivity index (χ1n) is 8.66. The van der Waals surface area contributed by atoms with Crippen molar-refractivity contribution in [2.45, 2.75) is 0 Å². The van der Waals surface area contributed by atoms with Gasteiger partial charge in [0.05, 0.1) is 11.1 Å². The zero-order valence-corrected chi connectivity index (χ0v) is 14.5. The lowest BCUT2D eigenvalue weighted by Crippen LogP contribution is -1.92. The molecule has 0 radical (unpaired) electrons. The summed E-state index contributed by atoms with van der Waals surface area (Å²) < 4.78 is 6.19. The molecule has 0 spiro atoms. The molecule has 0 fully saturated rings. The lowest BCUT2D eigenvalue weighted by Gasteiger charge is -2.16. The Hall–Kier alpha value is -3.72. The maximum atomic E-state index is 10.4. The van der Waals surface area contributed by atoms with Gasteiger partial charge < -0.3 is 14.9 Å². The van der Waals surface area contributed by atoms with Crippen molar-refractivity contribution < 1.29 is 14.9 Å². The Labute approximate surface area is 157 Å². The molecular weight excluding hydrogens is 336 g/mol. The summed E-state index contributed by atoms with van der Waals surface area (Å²) in [6, 6.07) is 29.5. The van der Waals surface area contributed by atoms with E-state index in [0.717, 1.165) is 11.1 Å². The maximum Gasteiger partial charge on any atom is 0.139 e. The van der Waals surface area contributed by atoms with Crippen molar-refractivity contribution >= 4 is 0 Å². The van der Waals surface area contributed by atoms with Crippen LogP contribution in [-0.4, -0.2) is 10.2 Å². The predicted octanol–water partition coefficient (Wildman–Crippen LogP) is 6.22. The summed E-state index contributed by atoms with van der Waals surface area (Å²) in [5.41, 5.74) is 2.93. The van der Waals surface area contributed by atoms with Crippen LogP contribution < -0.4 is 4.74 Å². The van der Waals surface area contributed by atoms with Crippen LogP contribution in [0.5, 0.6) is 23.0 Å². The molecule has 0 aliphatic heterocycles. The van der Waals surface area contributed by atoms with Crippen LogP contribution in [-0.2, 0) is 0 Å². The van der Waals surface area contributed by atoms with E-state index in [1.165, 1.54) is 0 Å². The van der Waals surface area contributed by atoms with Crippen molar-refractivity contribution in [3.05, 3.63) is 97.1 Å². The van der Waals surface area contributed by atoms with Crippen molar-refractivity contribution in [3.8, 4) is 45.3 Å². The molecule has 0 heterocycles. The molecule has 3 nitrogen and oxygen atoms in total. The van der Waals surface area contributed by atoms with Gasteiger partial charge in [0.15, 0.2) is 0 Å². The SMILES string of the molecule is Oc1cccc(Oc2cccc(O)c2-c2ccccc2)c1-c1ccccc1. The zero-order chi connectivity index (χ0) is 18.6. The topological polar surface area (TPSA) is 49.7 Å². The summed E-state index contributed by atoms with van der Waals surface area (Å²) in [7, 11) is 0. The molecule has 27 heavy (non-hydrogen) atoms. The van der Waals surface area contributed by atoms with E-state index < -0.39 is 0 Å². The number of phenols is 2. The molecule has 4 aromatic carbocycles. The van der Waals surface area contributed by atoms with Crippen LogP contribution in [0.4, 0.5) is 0 Å². The van der Waals surface area contributed by atoms with E-state index in [2.05, 4.69) is 0 Å². The average Bonchev–Trinajstić information content (AvgIpc) is 2.70. The van der Waals surface area contributed by atoms with Gasteiger partial charge in [-0.05, 0) is 35.4 Å². The molecule has 2 N–H and O–H groups in total. The van der Waals surface area contributed by atoms with Crippen molar-refractivity contribution in [2.75, 3.05) is 0 Å². The monoisotopic (exact) mass is 354 g/mol. The zero-order valence-electron chi connectivity index (χ0n) is 14.5. The van der Waals surface area contributed by atoms with Gasteiger partial charge in [-0.25, -0.2) is 0 Å². The third-order valence-electron chi connectivity index (χ3n) is 4.35. The molecular formula is C24H18O3. The fraction of sp³-hybridized carbons (Fsp3) is 0. The van der Waals surface area contributed by atoms with Gasteiger partial charge in [0.2, 0.25) is 0 Å². The number of hydrogen-bond acceptors (Lipinski definition) is 3. The Morgan fingerprint density at radius 1 is 0.444 bits per heavy atom. The van der Waals surface area contributed by atoms with Crippen LogP contribution in [0.3, 0.4) is 0 Å². The molecule has 4 aromatic rings. The van der Waals surface area contributed by atoms with Gasteiger partial charge >= 0.3 is 0 Å². The molecule has 0 bridgehead atoms. The summed E-state index contributed by atoms with van der Waals surface area (Å²) in [4.78, 5) is 0. The van der Waals surface area contributed by atoms with Crippen molar-refractivity contribution in [3.63, 3.8) is 0 Å². The first-order valence-corrected chi connectivity index (χ1v) is 8.66. The average molecular weight is 354 g/mol. The highest BCUT2D eigenvalue weighted by molar-refractivity contribution is 5.80. The summed E-state index contributed by atoms with van der Waals surface area (Å²) in [6.45, 7) is 0. The van der Waals surface area contributed by atoms with Gasteiger partial charge in [0.1, 0.15) is 23.0 Å². The minimum atomic E-state index is 0.139. The summed E-state index contributed by atoms with van der Waals surface area (Å²) in [6.07, 6.45) is 0. The second-order valence-corrected chi connectivity index (χ2v) is 6.13. The van der Waals surface area contributed by atoms with Gasteiger partial charge in [-0.2, -0.15) is 0 Å². The highest BCUT2D eigenvalue weighted by atomic mass is 16.5. The van der Waals surface area contributed by atoms with Gasteiger partial charge in [-0.15, -0.1) is 0 Å². The van der Waals surface area contributed by atoms with E-state index in [-0.39, 0.29) is 11.5 Å². The number of rotatable bonds is 4. The molecule has 3 heteroatoms. The summed E-state index contributed by atoms with van der Waals surface area (Å²) >= 11 is 0. The van der Waals surface area contributed by atoms with Crippen LogP contribution in [0.15, 0.2) is 97.1 Å². The minimum Gasteiger partial charge on any atom is -0.507 e. The Kier molecular flexibility index (Phi) is 4.50. The number of aromatic hydroxyl groups is 2. The Bertz CT molecular complexity index is 970. The van der Waals surface area contributed by atoms with E-state index in [1.807, 2.05) is 60.7 Å². The maximum absolute atomic E-state index is 10.4. The molecule has 0 aliphatic rings. The fourth-order valence-corrected chi connectivity index (χ4v) is 3.12. The number of benzene rings is 4. The van der Waals surface area contributed by atoms with Crippen LogP contribution >= 0.6 is 0 Å². The van der Waals surface area contributed by atoms with Gasteiger partial charge in [0, 0.05) is 0 Å². The molecule has 132 valence electrons. The molecule has 4 rings (SSSR count). The largest absolute Gasteiger partial charge is 0.507 e. The van der Waals surface area contributed by atoms with Crippen molar-refractivity contribution in [2.24, 2.45) is 0 Å².